The number of hydrogen-bond donors (Lipinski definition) is 1. The van der Waals surface area contributed by atoms with E-state index >= 15 is 0 Å². The summed E-state index contributed by atoms with van der Waals surface area (Å²) >= 11 is 0. The Balaban J connectivity index is 2.22. The number of hydrogen-bond acceptors (Lipinski definition) is 3. The van der Waals surface area contributed by atoms with Gasteiger partial charge in [-0.2, -0.15) is 0 Å². The summed E-state index contributed by atoms with van der Waals surface area (Å²) < 4.78 is 1.18. The molecule has 0 saturated carbocycles. The third kappa shape index (κ3) is 2.12. The summed E-state index contributed by atoms with van der Waals surface area (Å²) in [4.78, 5) is 21.7. The second-order valence-electron chi connectivity index (χ2n) is 4.51. The number of non-ortho nitro benzene ring substituents is 1. The van der Waals surface area contributed by atoms with E-state index in [4.69, 9.17) is 0 Å². The number of carboxylic acid groups (broad SMARTS) is 1. The van der Waals surface area contributed by atoms with Gasteiger partial charge in [0.25, 0.3) is 5.69 Å². The van der Waals surface area contributed by atoms with E-state index in [-0.39, 0.29) is 5.69 Å². The van der Waals surface area contributed by atoms with Crippen molar-refractivity contribution < 1.29 is 14.8 Å². The fraction of sp³-hybridized carbons (Fsp3) is 0. The van der Waals surface area contributed by atoms with E-state index in [0.29, 0.717) is 16.8 Å². The van der Waals surface area contributed by atoms with Gasteiger partial charge in [0.05, 0.1) is 16.1 Å². The van der Waals surface area contributed by atoms with Crippen molar-refractivity contribution in [1.82, 2.24) is 4.57 Å². The zero-order valence-corrected chi connectivity index (χ0v) is 10.8. The summed E-state index contributed by atoms with van der Waals surface area (Å²) in [5, 5.41) is 20.9. The lowest BCUT2D eigenvalue weighted by Gasteiger charge is -2.05. The Morgan fingerprint density at radius 1 is 1.10 bits per heavy atom. The van der Waals surface area contributed by atoms with Crippen LogP contribution < -0.4 is 0 Å². The first kappa shape index (κ1) is 12.9. The average Bonchev–Trinajstić information content (AvgIpc) is 2.86. The van der Waals surface area contributed by atoms with E-state index in [0.717, 1.165) is 5.39 Å². The summed E-state index contributed by atoms with van der Waals surface area (Å²) in [5.41, 5.74) is 1.65. The molecule has 0 aliphatic heterocycles. The first-order valence-corrected chi connectivity index (χ1v) is 6.16. The fourth-order valence-electron chi connectivity index (χ4n) is 2.33. The molecule has 3 rings (SSSR count). The quantitative estimate of drug-likeness (QED) is 0.573. The number of rotatable bonds is 2. The molecule has 6 nitrogen and oxygen atoms in total. The van der Waals surface area contributed by atoms with Gasteiger partial charge in [-0.05, 0) is 29.8 Å². The number of nitrogens with zero attached hydrogens (tertiary/aromatic N) is 2. The molecule has 104 valence electrons. The van der Waals surface area contributed by atoms with E-state index in [1.807, 2.05) is 12.1 Å². The predicted molar refractivity (Wildman–Crippen MR) is 77.5 cm³/mol. The van der Waals surface area contributed by atoms with Crippen LogP contribution in [0.25, 0.3) is 22.2 Å². The second-order valence-corrected chi connectivity index (χ2v) is 4.51. The normalized spacial score (nSPS) is 10.7. The number of benzene rings is 2. The van der Waals surface area contributed by atoms with E-state index in [1.54, 1.807) is 30.3 Å². The Morgan fingerprint density at radius 3 is 2.38 bits per heavy atom. The number of nitro groups is 1. The fourth-order valence-corrected chi connectivity index (χ4v) is 2.33. The minimum atomic E-state index is -1.09. The van der Waals surface area contributed by atoms with Gasteiger partial charge in [-0.25, -0.2) is 9.36 Å². The Kier molecular flexibility index (Phi) is 2.91. The monoisotopic (exact) mass is 282 g/mol. The molecule has 2 aromatic carbocycles. The van der Waals surface area contributed by atoms with Crippen LogP contribution in [0.5, 0.6) is 0 Å². The van der Waals surface area contributed by atoms with Gasteiger partial charge in [-0.3, -0.25) is 10.1 Å². The van der Waals surface area contributed by atoms with Gasteiger partial charge in [0.1, 0.15) is 0 Å². The Morgan fingerprint density at radius 2 is 1.76 bits per heavy atom. The predicted octanol–water partition coefficient (Wildman–Crippen LogP) is 3.74. The first-order valence-electron chi connectivity index (χ1n) is 6.16. The molecule has 0 amide bonds. The van der Waals surface area contributed by atoms with Crippen LogP contribution >= 0.6 is 0 Å². The molecule has 0 spiro atoms. The van der Waals surface area contributed by atoms with E-state index in [1.165, 1.54) is 16.7 Å². The molecule has 3 aromatic rings. The van der Waals surface area contributed by atoms with Crippen LogP contribution in [0.2, 0.25) is 0 Å². The molecule has 1 N–H and O–H groups in total. The van der Waals surface area contributed by atoms with Crippen LogP contribution in [0.3, 0.4) is 0 Å². The smallest absolute Gasteiger partial charge is 0.416 e. The molecule has 0 radical (unpaired) electrons. The lowest BCUT2D eigenvalue weighted by Crippen LogP contribution is -2.08. The Labute approximate surface area is 119 Å². The summed E-state index contributed by atoms with van der Waals surface area (Å²) in [7, 11) is 0. The van der Waals surface area contributed by atoms with Crippen LogP contribution in [0.1, 0.15) is 0 Å². The maximum Gasteiger partial charge on any atom is 0.416 e. The standard InChI is InChI=1S/C15H10N2O4/c18-15(19)16-13-4-2-1-3-11(13)9-14(16)10-5-7-12(8-6-10)17(20)21/h1-9H,(H,18,19). The first-order chi connectivity index (χ1) is 10.1. The van der Waals surface area contributed by atoms with Gasteiger partial charge in [0.2, 0.25) is 0 Å². The number of carbonyl (C=O) groups is 1. The number of fused-ring (bicyclic) bond motifs is 1. The molecular weight excluding hydrogens is 272 g/mol. The molecule has 1 heterocycles. The minimum Gasteiger partial charge on any atom is -0.464 e. The molecule has 0 bridgehead atoms. The molecule has 0 atom stereocenters. The second kappa shape index (κ2) is 4.75. The zero-order valence-electron chi connectivity index (χ0n) is 10.8. The summed E-state index contributed by atoms with van der Waals surface area (Å²) in [6, 6.07) is 14.7. The van der Waals surface area contributed by atoms with Crippen LogP contribution in [0.15, 0.2) is 54.6 Å². The number of aromatic nitrogens is 1. The average molecular weight is 282 g/mol. The van der Waals surface area contributed by atoms with E-state index < -0.39 is 11.0 Å². The highest BCUT2D eigenvalue weighted by Gasteiger charge is 2.16. The molecular formula is C15H10N2O4. The maximum absolute atomic E-state index is 11.5. The van der Waals surface area contributed by atoms with Gasteiger partial charge >= 0.3 is 6.09 Å². The van der Waals surface area contributed by atoms with Gasteiger partial charge in [0.15, 0.2) is 0 Å². The summed E-state index contributed by atoms with van der Waals surface area (Å²) in [6.45, 7) is 0. The molecule has 0 aliphatic carbocycles. The van der Waals surface area contributed by atoms with Crippen molar-refractivity contribution in [2.75, 3.05) is 0 Å². The van der Waals surface area contributed by atoms with Crippen LogP contribution in [-0.4, -0.2) is 20.7 Å². The van der Waals surface area contributed by atoms with Crippen LogP contribution in [0, 0.1) is 10.1 Å². The number of para-hydroxylation sites is 1. The van der Waals surface area contributed by atoms with Crippen molar-refractivity contribution in [3.8, 4) is 11.3 Å². The summed E-state index contributed by atoms with van der Waals surface area (Å²) in [5.74, 6) is 0. The van der Waals surface area contributed by atoms with Gasteiger partial charge in [-0.1, -0.05) is 18.2 Å². The van der Waals surface area contributed by atoms with Crippen molar-refractivity contribution in [3.05, 3.63) is 64.7 Å². The van der Waals surface area contributed by atoms with Crippen molar-refractivity contribution >= 4 is 22.7 Å². The molecule has 6 heteroatoms. The third-order valence-electron chi connectivity index (χ3n) is 3.28. The van der Waals surface area contributed by atoms with Crippen LogP contribution in [-0.2, 0) is 0 Å². The minimum absolute atomic E-state index is 0.0308. The molecule has 1 aromatic heterocycles. The molecule has 0 saturated heterocycles. The molecule has 0 unspecified atom stereocenters. The third-order valence-corrected chi connectivity index (χ3v) is 3.28. The van der Waals surface area contributed by atoms with Crippen molar-refractivity contribution in [2.24, 2.45) is 0 Å². The largest absolute Gasteiger partial charge is 0.464 e. The SMILES string of the molecule is O=C(O)n1c(-c2ccc([N+](=O)[O-])cc2)cc2ccccc21. The molecule has 0 fully saturated rings. The highest BCUT2D eigenvalue weighted by molar-refractivity contribution is 5.95. The highest BCUT2D eigenvalue weighted by atomic mass is 16.6. The Bertz CT molecular complexity index is 850. The topological polar surface area (TPSA) is 85.4 Å². The lowest BCUT2D eigenvalue weighted by molar-refractivity contribution is -0.384. The van der Waals surface area contributed by atoms with Gasteiger partial charge in [-0.15, -0.1) is 0 Å². The summed E-state index contributed by atoms with van der Waals surface area (Å²) in [6.07, 6.45) is -1.09. The lowest BCUT2D eigenvalue weighted by atomic mass is 10.1. The molecule has 21 heavy (non-hydrogen) atoms. The Hall–Kier alpha value is -3.15. The maximum atomic E-state index is 11.5. The highest BCUT2D eigenvalue weighted by Crippen LogP contribution is 2.29. The van der Waals surface area contributed by atoms with Crippen molar-refractivity contribution in [2.45, 2.75) is 0 Å². The van der Waals surface area contributed by atoms with Crippen molar-refractivity contribution in [1.29, 1.82) is 0 Å². The zero-order chi connectivity index (χ0) is 15.0. The van der Waals surface area contributed by atoms with E-state index in [2.05, 4.69) is 0 Å². The van der Waals surface area contributed by atoms with Gasteiger partial charge < -0.3 is 5.11 Å². The van der Waals surface area contributed by atoms with Gasteiger partial charge in [0, 0.05) is 17.5 Å². The van der Waals surface area contributed by atoms with E-state index in [9.17, 15) is 20.0 Å². The van der Waals surface area contributed by atoms with Crippen LogP contribution in [0.4, 0.5) is 10.5 Å². The number of nitro benzene ring substituents is 1. The van der Waals surface area contributed by atoms with Crippen molar-refractivity contribution in [3.63, 3.8) is 0 Å². The molecule has 0 aliphatic rings.